The molecule has 1 aliphatic heterocycles. The number of alkyl carbamates (subject to hydrolysis) is 1. The number of carbonyl (C=O) groups is 6. The zero-order valence-electron chi connectivity index (χ0n) is 34.0. The molecule has 0 radical (unpaired) electrons. The van der Waals surface area contributed by atoms with Crippen molar-refractivity contribution in [1.82, 2.24) is 45.2 Å². The fourth-order valence-corrected chi connectivity index (χ4v) is 8.05. The molecule has 60 heavy (non-hydrogen) atoms. The number of hydrogen-bond donors (Lipinski definition) is 5. The van der Waals surface area contributed by atoms with Crippen LogP contribution in [0.3, 0.4) is 0 Å². The van der Waals surface area contributed by atoms with Crippen LogP contribution in [0, 0.1) is 5.92 Å². The van der Waals surface area contributed by atoms with Crippen LogP contribution in [0.5, 0.6) is 0 Å². The minimum absolute atomic E-state index is 0.0197. The van der Waals surface area contributed by atoms with Crippen molar-refractivity contribution in [3.63, 3.8) is 0 Å². The normalized spacial score (nSPS) is 18.1. The Morgan fingerprint density at radius 1 is 0.983 bits per heavy atom. The number of pyridine rings is 1. The molecule has 1 aromatic carbocycles. The van der Waals surface area contributed by atoms with Crippen LogP contribution >= 0.6 is 0 Å². The first-order valence-corrected chi connectivity index (χ1v) is 20.5. The van der Waals surface area contributed by atoms with Crippen LogP contribution in [0.4, 0.5) is 4.79 Å². The summed E-state index contributed by atoms with van der Waals surface area (Å²) in [4.78, 5) is 86.1. The Bertz CT molecular complexity index is 2140. The van der Waals surface area contributed by atoms with E-state index >= 15 is 0 Å². The summed E-state index contributed by atoms with van der Waals surface area (Å²) < 4.78 is 8.44. The lowest BCUT2D eigenvalue weighted by Crippen LogP contribution is -2.56. The predicted molar refractivity (Wildman–Crippen MR) is 217 cm³/mol. The SMILES string of the molecule is CC(C)(O)c1cnnn1[C@H]1C[C@@H](C(=O)NC(CCCCNC(=O)OCc2ccccc2)C(=O)C(N)=O)N(C(=O)[C@@H](CC2CCCCC2)NC(=O)c2ccc3nccn3c2)C1. The minimum atomic E-state index is -1.36. The number of ketones is 1. The highest BCUT2D eigenvalue weighted by Crippen LogP contribution is 2.33. The lowest BCUT2D eigenvalue weighted by Gasteiger charge is -2.32. The van der Waals surface area contributed by atoms with E-state index in [0.717, 1.165) is 37.7 Å². The molecule has 2 aliphatic rings. The molecule has 6 rings (SSSR count). The zero-order valence-corrected chi connectivity index (χ0v) is 34.0. The number of benzene rings is 1. The molecule has 2 fully saturated rings. The number of ether oxygens (including phenoxy) is 1. The summed E-state index contributed by atoms with van der Waals surface area (Å²) >= 11 is 0. The second-order valence-electron chi connectivity index (χ2n) is 16.2. The predicted octanol–water partition coefficient (Wildman–Crippen LogP) is 2.70. The number of nitrogens with one attached hydrogen (secondary N) is 3. The van der Waals surface area contributed by atoms with Crippen molar-refractivity contribution in [3.8, 4) is 0 Å². The molecule has 1 unspecified atom stereocenters. The lowest BCUT2D eigenvalue weighted by atomic mass is 9.84. The minimum Gasteiger partial charge on any atom is -0.445 e. The van der Waals surface area contributed by atoms with Gasteiger partial charge >= 0.3 is 6.09 Å². The second-order valence-corrected chi connectivity index (χ2v) is 16.2. The summed E-state index contributed by atoms with van der Waals surface area (Å²) in [5.74, 6) is -3.75. The maximum absolute atomic E-state index is 14.9. The Morgan fingerprint density at radius 2 is 1.75 bits per heavy atom. The fraction of sp³-hybridized carbons (Fsp3) is 0.500. The summed E-state index contributed by atoms with van der Waals surface area (Å²) in [6.07, 6.45) is 11.7. The van der Waals surface area contributed by atoms with Gasteiger partial charge < -0.3 is 40.8 Å². The van der Waals surface area contributed by atoms with Gasteiger partial charge in [-0.05, 0) is 63.1 Å². The van der Waals surface area contributed by atoms with E-state index in [1.165, 1.54) is 15.8 Å². The molecule has 4 atom stereocenters. The van der Waals surface area contributed by atoms with Gasteiger partial charge in [0.2, 0.25) is 17.6 Å². The molecule has 18 nitrogen and oxygen atoms in total. The van der Waals surface area contributed by atoms with Gasteiger partial charge in [-0.2, -0.15) is 0 Å². The highest BCUT2D eigenvalue weighted by molar-refractivity contribution is 6.37. The molecule has 1 aliphatic carbocycles. The zero-order chi connectivity index (χ0) is 42.8. The van der Waals surface area contributed by atoms with Crippen molar-refractivity contribution in [2.24, 2.45) is 11.7 Å². The average molecular weight is 827 g/mol. The maximum atomic E-state index is 14.9. The van der Waals surface area contributed by atoms with Gasteiger partial charge in [0.25, 0.3) is 11.8 Å². The van der Waals surface area contributed by atoms with Crippen molar-refractivity contribution < 1.29 is 38.6 Å². The van der Waals surface area contributed by atoms with Crippen molar-refractivity contribution >= 4 is 41.2 Å². The quantitative estimate of drug-likeness (QED) is 0.0721. The topological polar surface area (TPSA) is 245 Å². The summed E-state index contributed by atoms with van der Waals surface area (Å²) in [5, 5.41) is 27.5. The monoisotopic (exact) mass is 826 g/mol. The third-order valence-electron chi connectivity index (χ3n) is 11.2. The first-order chi connectivity index (χ1) is 28.8. The number of fused-ring (bicyclic) bond motifs is 1. The number of rotatable bonds is 18. The standard InChI is InChI=1S/C42H54N10O8/c1-42(2,59)34-23-46-49-52(34)30-22-33(39(56)47-31(36(53)37(43)54)15-9-10-18-45-41(58)60-26-28-13-7-4-8-14-28)51(25-30)40(57)32(21-27-11-5-3-6-12-27)48-38(55)29-16-17-35-44-19-20-50(35)24-29/h4,7-8,13-14,16-17,19-20,23-24,27,30-33,59H,3,5-6,9-12,15,18,21-22,25-26H2,1-2H3,(H2,43,54)(H,45,58)(H,47,56)(H,48,55)/t30-,31?,32+,33-/m0/s1. The number of unbranched alkanes of at least 4 members (excludes halogenated alkanes) is 1. The number of likely N-dealkylation sites (tertiary alicyclic amines) is 1. The van der Waals surface area contributed by atoms with Gasteiger partial charge in [0, 0.05) is 38.1 Å². The number of aromatic nitrogens is 5. The van der Waals surface area contributed by atoms with Crippen LogP contribution in [0.2, 0.25) is 0 Å². The van der Waals surface area contributed by atoms with E-state index in [1.807, 2.05) is 30.3 Å². The smallest absolute Gasteiger partial charge is 0.407 e. The van der Waals surface area contributed by atoms with Gasteiger partial charge in [-0.15, -0.1) is 5.10 Å². The number of nitrogens with two attached hydrogens (primary N) is 1. The molecule has 320 valence electrons. The number of amides is 5. The average Bonchev–Trinajstić information content (AvgIpc) is 4.02. The van der Waals surface area contributed by atoms with Crippen LogP contribution in [0.1, 0.15) is 106 Å². The van der Waals surface area contributed by atoms with Crippen LogP contribution in [0.15, 0.2) is 67.3 Å². The molecule has 6 N–H and O–H groups in total. The maximum Gasteiger partial charge on any atom is 0.407 e. The van der Waals surface area contributed by atoms with Crippen LogP contribution in [-0.4, -0.2) is 101 Å². The summed E-state index contributed by atoms with van der Waals surface area (Å²) in [7, 11) is 0. The second kappa shape index (κ2) is 19.7. The van der Waals surface area contributed by atoms with E-state index < -0.39 is 65.3 Å². The summed E-state index contributed by atoms with van der Waals surface area (Å²) in [6.45, 7) is 3.43. The Labute approximate surface area is 347 Å². The highest BCUT2D eigenvalue weighted by Gasteiger charge is 2.45. The molecule has 3 aromatic heterocycles. The van der Waals surface area contributed by atoms with E-state index in [0.29, 0.717) is 36.2 Å². The number of primary amides is 1. The number of carbonyl (C=O) groups excluding carboxylic acids is 6. The molecule has 1 saturated heterocycles. The number of Topliss-reactive ketones (excluding diaryl/α,β-unsaturated/α-hetero) is 1. The Morgan fingerprint density at radius 3 is 2.48 bits per heavy atom. The van der Waals surface area contributed by atoms with Crippen LogP contribution < -0.4 is 21.7 Å². The van der Waals surface area contributed by atoms with Crippen molar-refractivity contribution in [2.75, 3.05) is 13.1 Å². The largest absolute Gasteiger partial charge is 0.445 e. The molecule has 1 saturated carbocycles. The highest BCUT2D eigenvalue weighted by atomic mass is 16.5. The van der Waals surface area contributed by atoms with Gasteiger partial charge in [-0.3, -0.25) is 24.0 Å². The van der Waals surface area contributed by atoms with Crippen LogP contribution in [-0.2, 0) is 36.1 Å². The Balaban J connectivity index is 1.19. The lowest BCUT2D eigenvalue weighted by molar-refractivity contribution is -0.142. The van der Waals surface area contributed by atoms with E-state index in [2.05, 4.69) is 31.2 Å². The van der Waals surface area contributed by atoms with Crippen molar-refractivity contribution in [2.45, 2.75) is 114 Å². The fourth-order valence-electron chi connectivity index (χ4n) is 8.05. The van der Waals surface area contributed by atoms with E-state index in [-0.39, 0.29) is 38.5 Å². The van der Waals surface area contributed by atoms with Gasteiger partial charge in [0.1, 0.15) is 29.9 Å². The number of hydrogen-bond acceptors (Lipinski definition) is 11. The number of imidazole rings is 1. The van der Waals surface area contributed by atoms with E-state index in [4.69, 9.17) is 10.5 Å². The van der Waals surface area contributed by atoms with E-state index in [1.54, 1.807) is 49.0 Å². The van der Waals surface area contributed by atoms with Crippen LogP contribution in [0.25, 0.3) is 5.65 Å². The third kappa shape index (κ3) is 11.1. The summed E-state index contributed by atoms with van der Waals surface area (Å²) in [5.41, 5.74) is 6.22. The van der Waals surface area contributed by atoms with E-state index in [9.17, 15) is 33.9 Å². The molecule has 4 aromatic rings. The van der Waals surface area contributed by atoms with Gasteiger partial charge in [0.15, 0.2) is 0 Å². The Kier molecular flexibility index (Phi) is 14.3. The number of nitrogens with zero attached hydrogens (tertiary/aromatic N) is 6. The van der Waals surface area contributed by atoms with Crippen molar-refractivity contribution in [1.29, 1.82) is 0 Å². The molecular formula is C42H54N10O8. The first-order valence-electron chi connectivity index (χ1n) is 20.5. The molecule has 4 heterocycles. The molecular weight excluding hydrogens is 773 g/mol. The molecule has 0 bridgehead atoms. The number of aliphatic hydroxyl groups is 1. The van der Waals surface area contributed by atoms with Gasteiger partial charge in [0.05, 0.1) is 29.5 Å². The molecule has 0 spiro atoms. The Hall–Kier alpha value is -6.17. The first kappa shape index (κ1) is 43.4. The molecule has 18 heteroatoms. The van der Waals surface area contributed by atoms with Crippen molar-refractivity contribution in [3.05, 3.63) is 84.1 Å². The molecule has 5 amide bonds. The third-order valence-corrected chi connectivity index (χ3v) is 11.2. The summed E-state index contributed by atoms with van der Waals surface area (Å²) in [6, 6.07) is 8.43. The van der Waals surface area contributed by atoms with Gasteiger partial charge in [-0.25, -0.2) is 14.5 Å². The van der Waals surface area contributed by atoms with Gasteiger partial charge in [-0.1, -0.05) is 67.6 Å².